The molecule has 1 atom stereocenters. The highest BCUT2D eigenvalue weighted by molar-refractivity contribution is 5.92. The van der Waals surface area contributed by atoms with Crippen LogP contribution < -0.4 is 15.5 Å². The lowest BCUT2D eigenvalue weighted by molar-refractivity contribution is -0.384. The maximum absolute atomic E-state index is 11.3. The Kier molecular flexibility index (Phi) is 6.95. The van der Waals surface area contributed by atoms with E-state index in [-0.39, 0.29) is 11.9 Å². The van der Waals surface area contributed by atoms with Gasteiger partial charge in [0, 0.05) is 48.9 Å². The van der Waals surface area contributed by atoms with Gasteiger partial charge in [-0.15, -0.1) is 0 Å². The van der Waals surface area contributed by atoms with Crippen molar-refractivity contribution in [3.8, 4) is 0 Å². The third-order valence-electron chi connectivity index (χ3n) is 6.97. The molecule has 1 unspecified atom stereocenters. The molecule has 0 spiro atoms. The maximum Gasteiger partial charge on any atom is 0.271 e. The number of aromatic nitrogens is 4. The zero-order valence-electron chi connectivity index (χ0n) is 21.7. The minimum atomic E-state index is -0.429. The summed E-state index contributed by atoms with van der Waals surface area (Å²) in [4.78, 5) is 22.7. The summed E-state index contributed by atoms with van der Waals surface area (Å²) in [5.41, 5.74) is 3.93. The summed E-state index contributed by atoms with van der Waals surface area (Å²) in [5.74, 6) is 0.888. The fourth-order valence-electron chi connectivity index (χ4n) is 5.01. The molecule has 0 saturated carbocycles. The Bertz CT molecular complexity index is 1480. The van der Waals surface area contributed by atoms with Crippen molar-refractivity contribution >= 4 is 45.5 Å². The molecule has 2 aliphatic rings. The van der Waals surface area contributed by atoms with Crippen LogP contribution in [-0.4, -0.2) is 57.6 Å². The first-order valence-corrected chi connectivity index (χ1v) is 13.1. The van der Waals surface area contributed by atoms with E-state index >= 15 is 0 Å². The molecule has 2 saturated heterocycles. The first kappa shape index (κ1) is 25.0. The largest absolute Gasteiger partial charge is 0.378 e. The Morgan fingerprint density at radius 2 is 1.82 bits per heavy atom. The van der Waals surface area contributed by atoms with Crippen molar-refractivity contribution in [1.29, 1.82) is 0 Å². The van der Waals surface area contributed by atoms with Crippen LogP contribution in [0.3, 0.4) is 0 Å². The summed E-state index contributed by atoms with van der Waals surface area (Å²) in [6, 6.07) is 14.5. The van der Waals surface area contributed by atoms with Crippen molar-refractivity contribution in [2.45, 2.75) is 32.4 Å². The van der Waals surface area contributed by atoms with E-state index in [9.17, 15) is 10.1 Å². The van der Waals surface area contributed by atoms with Crippen LogP contribution in [0.2, 0.25) is 0 Å². The molecule has 39 heavy (non-hydrogen) atoms. The van der Waals surface area contributed by atoms with Gasteiger partial charge in [-0.2, -0.15) is 15.1 Å². The van der Waals surface area contributed by atoms with E-state index in [4.69, 9.17) is 24.5 Å². The molecule has 2 fully saturated rings. The number of anilines is 5. The van der Waals surface area contributed by atoms with Crippen molar-refractivity contribution in [3.63, 3.8) is 0 Å². The van der Waals surface area contributed by atoms with Crippen LogP contribution in [0.1, 0.15) is 31.2 Å². The summed E-state index contributed by atoms with van der Waals surface area (Å²) in [6.07, 6.45) is 2.71. The highest BCUT2D eigenvalue weighted by Gasteiger charge is 2.24. The summed E-state index contributed by atoms with van der Waals surface area (Å²) in [6.45, 7) is 5.81. The van der Waals surface area contributed by atoms with Gasteiger partial charge in [0.15, 0.2) is 11.9 Å². The summed E-state index contributed by atoms with van der Waals surface area (Å²) in [7, 11) is 0. The number of hydrogen-bond acceptors (Lipinski definition) is 10. The number of nitrogens with zero attached hydrogens (tertiary/aromatic N) is 6. The first-order valence-electron chi connectivity index (χ1n) is 13.1. The molecule has 202 valence electrons. The Labute approximate surface area is 225 Å². The number of rotatable bonds is 7. The van der Waals surface area contributed by atoms with Crippen molar-refractivity contribution in [1.82, 2.24) is 19.7 Å². The van der Waals surface area contributed by atoms with Crippen molar-refractivity contribution < 1.29 is 14.4 Å². The van der Waals surface area contributed by atoms with Crippen LogP contribution in [0, 0.1) is 17.0 Å². The lowest BCUT2D eigenvalue weighted by atomic mass is 10.2. The summed E-state index contributed by atoms with van der Waals surface area (Å²) in [5, 5.41) is 23.5. The second kappa shape index (κ2) is 10.8. The second-order valence-corrected chi connectivity index (χ2v) is 9.65. The monoisotopic (exact) mass is 530 g/mol. The molecule has 4 aromatic rings. The number of hydrogen-bond donors (Lipinski definition) is 2. The number of nitro groups is 1. The quantitative estimate of drug-likeness (QED) is 0.247. The average molecular weight is 531 g/mol. The normalized spacial score (nSPS) is 17.8. The van der Waals surface area contributed by atoms with Gasteiger partial charge >= 0.3 is 0 Å². The van der Waals surface area contributed by atoms with Crippen molar-refractivity contribution in [2.75, 3.05) is 48.4 Å². The number of nitrogens with one attached hydrogen (secondary N) is 2. The van der Waals surface area contributed by atoms with Gasteiger partial charge in [0.1, 0.15) is 5.82 Å². The topological polar surface area (TPSA) is 132 Å². The molecule has 0 radical (unpaired) electrons. The third-order valence-corrected chi connectivity index (χ3v) is 6.97. The molecular formula is C27H30N8O4. The minimum Gasteiger partial charge on any atom is -0.378 e. The molecule has 0 aliphatic carbocycles. The van der Waals surface area contributed by atoms with Gasteiger partial charge in [0.25, 0.3) is 5.69 Å². The lowest BCUT2D eigenvalue weighted by Crippen LogP contribution is -2.36. The number of ether oxygens (including phenoxy) is 2. The van der Waals surface area contributed by atoms with Crippen LogP contribution in [0.4, 0.5) is 34.5 Å². The first-order chi connectivity index (χ1) is 19.0. The van der Waals surface area contributed by atoms with Crippen LogP contribution in [0.15, 0.2) is 48.5 Å². The van der Waals surface area contributed by atoms with Gasteiger partial charge in [-0.3, -0.25) is 10.1 Å². The average Bonchev–Trinajstić information content (AvgIpc) is 3.31. The molecule has 0 bridgehead atoms. The van der Waals surface area contributed by atoms with E-state index in [2.05, 4.69) is 27.7 Å². The third kappa shape index (κ3) is 5.33. The Morgan fingerprint density at radius 3 is 2.56 bits per heavy atom. The number of benzene rings is 2. The number of non-ortho nitro benzene ring substituents is 1. The standard InChI is InChI=1S/C27H30N8O4/c1-18-24-25(28-19-8-10-21(11-9-19)33-12-15-38-16-13-33)30-27(29-20-5-4-6-22(17-20)35(36)37)31-26(24)34(32-18)23-7-2-3-14-39-23/h4-6,8-11,17,23H,2-3,7,12-16H2,1H3,(H2,28,29,30,31). The zero-order valence-corrected chi connectivity index (χ0v) is 21.7. The van der Waals surface area contributed by atoms with Crippen LogP contribution in [0.25, 0.3) is 11.0 Å². The molecule has 4 heterocycles. The SMILES string of the molecule is Cc1nn(C2CCCCO2)c2nc(Nc3cccc([N+](=O)[O-])c3)nc(Nc3ccc(N4CCOCC4)cc3)c12. The van der Waals surface area contributed by atoms with E-state index < -0.39 is 4.92 Å². The van der Waals surface area contributed by atoms with Gasteiger partial charge in [0.2, 0.25) is 5.95 Å². The highest BCUT2D eigenvalue weighted by Crippen LogP contribution is 2.33. The Morgan fingerprint density at radius 1 is 1.00 bits per heavy atom. The van der Waals surface area contributed by atoms with Crippen molar-refractivity contribution in [3.05, 3.63) is 64.3 Å². The van der Waals surface area contributed by atoms with E-state index in [1.54, 1.807) is 12.1 Å². The van der Waals surface area contributed by atoms with E-state index in [0.717, 1.165) is 68.0 Å². The maximum atomic E-state index is 11.3. The van der Waals surface area contributed by atoms with E-state index in [0.29, 0.717) is 29.7 Å². The zero-order chi connectivity index (χ0) is 26.8. The van der Waals surface area contributed by atoms with Crippen LogP contribution >= 0.6 is 0 Å². The Hall–Kier alpha value is -4.29. The van der Waals surface area contributed by atoms with Gasteiger partial charge in [0.05, 0.1) is 29.2 Å². The smallest absolute Gasteiger partial charge is 0.271 e. The highest BCUT2D eigenvalue weighted by atomic mass is 16.6. The van der Waals surface area contributed by atoms with E-state index in [1.807, 2.05) is 23.7 Å². The van der Waals surface area contributed by atoms with Gasteiger partial charge in [-0.25, -0.2) is 4.68 Å². The molecule has 6 rings (SSSR count). The second-order valence-electron chi connectivity index (χ2n) is 9.65. The summed E-state index contributed by atoms with van der Waals surface area (Å²) >= 11 is 0. The molecule has 12 heteroatoms. The van der Waals surface area contributed by atoms with Gasteiger partial charge < -0.3 is 25.0 Å². The molecule has 12 nitrogen and oxygen atoms in total. The van der Waals surface area contributed by atoms with Crippen LogP contribution in [-0.2, 0) is 9.47 Å². The predicted molar refractivity (Wildman–Crippen MR) is 148 cm³/mol. The van der Waals surface area contributed by atoms with Crippen LogP contribution in [0.5, 0.6) is 0 Å². The van der Waals surface area contributed by atoms with Gasteiger partial charge in [-0.1, -0.05) is 6.07 Å². The molecule has 0 amide bonds. The molecular weight excluding hydrogens is 500 g/mol. The Balaban J connectivity index is 1.37. The van der Waals surface area contributed by atoms with Gasteiger partial charge in [-0.05, 0) is 56.5 Å². The number of nitro benzene ring substituents is 1. The molecule has 2 N–H and O–H groups in total. The molecule has 2 aliphatic heterocycles. The minimum absolute atomic E-state index is 0.0173. The van der Waals surface area contributed by atoms with Crippen molar-refractivity contribution in [2.24, 2.45) is 0 Å². The van der Waals surface area contributed by atoms with E-state index in [1.165, 1.54) is 12.1 Å². The number of aryl methyl sites for hydroxylation is 1. The fourth-order valence-corrected chi connectivity index (χ4v) is 5.01. The lowest BCUT2D eigenvalue weighted by Gasteiger charge is -2.28. The predicted octanol–water partition coefficient (Wildman–Crippen LogP) is 5.07. The fraction of sp³-hybridized carbons (Fsp3) is 0.370. The molecule has 2 aromatic carbocycles. The summed E-state index contributed by atoms with van der Waals surface area (Å²) < 4.78 is 13.3. The number of fused-ring (bicyclic) bond motifs is 1. The molecule has 2 aromatic heterocycles. The number of morpholine rings is 1.